The first-order valence-corrected chi connectivity index (χ1v) is 7.46. The number of aryl methyl sites for hydroxylation is 2. The summed E-state index contributed by atoms with van der Waals surface area (Å²) in [5.41, 5.74) is 3.16. The number of nitrogens with zero attached hydrogens (tertiary/aromatic N) is 2. The normalized spacial score (nSPS) is 10.5. The lowest BCUT2D eigenvalue weighted by atomic mass is 9.79. The first-order valence-electron chi connectivity index (χ1n) is 6.47. The monoisotopic (exact) mass is 304 g/mol. The van der Waals surface area contributed by atoms with Crippen LogP contribution >= 0.6 is 11.8 Å². The van der Waals surface area contributed by atoms with Gasteiger partial charge in [-0.2, -0.15) is 0 Å². The summed E-state index contributed by atoms with van der Waals surface area (Å²) in [6.45, 7) is 3.87. The Kier molecular flexibility index (Phi) is 5.22. The second-order valence-electron chi connectivity index (χ2n) is 4.67. The number of hydrogen-bond acceptors (Lipinski definition) is 6. The van der Waals surface area contributed by atoms with Crippen molar-refractivity contribution in [2.45, 2.75) is 24.8 Å². The summed E-state index contributed by atoms with van der Waals surface area (Å²) in [7, 11) is 0.100. The highest BCUT2D eigenvalue weighted by molar-refractivity contribution is 7.98. The van der Waals surface area contributed by atoms with Gasteiger partial charge in [0.2, 0.25) is 0 Å². The van der Waals surface area contributed by atoms with Crippen LogP contribution in [-0.4, -0.2) is 34.2 Å². The van der Waals surface area contributed by atoms with Crippen LogP contribution in [0, 0.1) is 13.8 Å². The summed E-state index contributed by atoms with van der Waals surface area (Å²) in [4.78, 5) is 8.75. The molecule has 1 heterocycles. The molecule has 0 spiro atoms. The van der Waals surface area contributed by atoms with Crippen molar-refractivity contribution in [3.63, 3.8) is 0 Å². The molecule has 0 atom stereocenters. The zero-order valence-corrected chi connectivity index (χ0v) is 13.0. The summed E-state index contributed by atoms with van der Waals surface area (Å²) >= 11 is 1.49. The third kappa shape index (κ3) is 4.20. The first kappa shape index (κ1) is 15.8. The lowest BCUT2D eigenvalue weighted by molar-refractivity contribution is 0.410. The molecule has 0 unspecified atom stereocenters. The fourth-order valence-electron chi connectivity index (χ4n) is 1.97. The van der Waals surface area contributed by atoms with Crippen LogP contribution in [0.1, 0.15) is 17.0 Å². The number of thioether (sulfide) groups is 1. The van der Waals surface area contributed by atoms with Gasteiger partial charge in [0, 0.05) is 22.7 Å². The van der Waals surface area contributed by atoms with E-state index in [1.807, 2.05) is 19.9 Å². The molecule has 21 heavy (non-hydrogen) atoms. The van der Waals surface area contributed by atoms with Gasteiger partial charge in [0.1, 0.15) is 5.75 Å². The largest absolute Gasteiger partial charge is 0.496 e. The average molecular weight is 304 g/mol. The van der Waals surface area contributed by atoms with Gasteiger partial charge in [-0.3, -0.25) is 0 Å². The van der Waals surface area contributed by atoms with Gasteiger partial charge in [0.05, 0.1) is 7.11 Å². The Bertz CT molecular complexity index is 617. The van der Waals surface area contributed by atoms with Crippen LogP contribution in [0.15, 0.2) is 29.4 Å². The molecule has 110 valence electrons. The standard InChI is InChI=1S/C14H17BN2O3S/c1-9-6-10(2)17-14(16-9)21-8-11-7-12(15(18)19)4-5-13(11)20-3/h4-7,18-19H,8H2,1-3H3. The smallest absolute Gasteiger partial charge is 0.488 e. The van der Waals surface area contributed by atoms with Crippen molar-refractivity contribution in [2.24, 2.45) is 0 Å². The van der Waals surface area contributed by atoms with E-state index in [2.05, 4.69) is 9.97 Å². The number of ether oxygens (including phenoxy) is 1. The molecule has 0 saturated carbocycles. The van der Waals surface area contributed by atoms with Gasteiger partial charge in [0.25, 0.3) is 0 Å². The second kappa shape index (κ2) is 6.93. The topological polar surface area (TPSA) is 75.5 Å². The summed E-state index contributed by atoms with van der Waals surface area (Å²) in [6.07, 6.45) is 0. The Balaban J connectivity index is 2.20. The minimum absolute atomic E-state index is 0.438. The van der Waals surface area contributed by atoms with E-state index in [9.17, 15) is 10.0 Å². The van der Waals surface area contributed by atoms with Crippen molar-refractivity contribution in [1.29, 1.82) is 0 Å². The van der Waals surface area contributed by atoms with Gasteiger partial charge in [-0.1, -0.05) is 23.9 Å². The SMILES string of the molecule is COc1ccc(B(O)O)cc1CSc1nc(C)cc(C)n1. The maximum absolute atomic E-state index is 9.25. The molecule has 0 aliphatic heterocycles. The summed E-state index contributed by atoms with van der Waals surface area (Å²) < 4.78 is 5.30. The molecule has 1 aromatic heterocycles. The van der Waals surface area contributed by atoms with Gasteiger partial charge >= 0.3 is 7.12 Å². The molecule has 5 nitrogen and oxygen atoms in total. The van der Waals surface area contributed by atoms with Crippen molar-refractivity contribution in [1.82, 2.24) is 9.97 Å². The Hall–Kier alpha value is -1.57. The van der Waals surface area contributed by atoms with Gasteiger partial charge in [-0.05, 0) is 31.4 Å². The molecular weight excluding hydrogens is 287 g/mol. The van der Waals surface area contributed by atoms with Gasteiger partial charge < -0.3 is 14.8 Å². The van der Waals surface area contributed by atoms with E-state index >= 15 is 0 Å². The number of benzene rings is 1. The molecule has 0 radical (unpaired) electrons. The number of aromatic nitrogens is 2. The molecule has 1 aromatic carbocycles. The van der Waals surface area contributed by atoms with Crippen LogP contribution in [0.4, 0.5) is 0 Å². The summed E-state index contributed by atoms with van der Waals surface area (Å²) in [5.74, 6) is 1.29. The van der Waals surface area contributed by atoms with Crippen molar-refractivity contribution < 1.29 is 14.8 Å². The molecule has 0 amide bonds. The molecular formula is C14H17BN2O3S. The molecule has 2 aromatic rings. The number of rotatable bonds is 5. The van der Waals surface area contributed by atoms with Crippen LogP contribution < -0.4 is 10.2 Å². The second-order valence-corrected chi connectivity index (χ2v) is 5.61. The van der Waals surface area contributed by atoms with E-state index in [1.165, 1.54) is 11.8 Å². The minimum Gasteiger partial charge on any atom is -0.496 e. The quantitative estimate of drug-likeness (QED) is 0.489. The average Bonchev–Trinajstić information content (AvgIpc) is 2.43. The third-order valence-electron chi connectivity index (χ3n) is 2.92. The van der Waals surface area contributed by atoms with E-state index in [-0.39, 0.29) is 0 Å². The van der Waals surface area contributed by atoms with Crippen LogP contribution in [0.5, 0.6) is 5.75 Å². The van der Waals surface area contributed by atoms with Gasteiger partial charge in [-0.15, -0.1) is 0 Å². The molecule has 2 N–H and O–H groups in total. The van der Waals surface area contributed by atoms with Crippen molar-refractivity contribution in [3.05, 3.63) is 41.2 Å². The Morgan fingerprint density at radius 2 is 1.81 bits per heavy atom. The van der Waals surface area contributed by atoms with E-state index < -0.39 is 7.12 Å². The molecule has 0 fully saturated rings. The molecule has 0 aliphatic carbocycles. The van der Waals surface area contributed by atoms with Crippen LogP contribution in [0.2, 0.25) is 0 Å². The van der Waals surface area contributed by atoms with Crippen molar-refractivity contribution in [2.75, 3.05) is 7.11 Å². The molecule has 0 bridgehead atoms. The van der Waals surface area contributed by atoms with Crippen molar-refractivity contribution >= 4 is 24.3 Å². The van der Waals surface area contributed by atoms with Crippen LogP contribution in [0.3, 0.4) is 0 Å². The maximum atomic E-state index is 9.25. The first-order chi connectivity index (χ1) is 9.99. The summed E-state index contributed by atoms with van der Waals surface area (Å²) in [5, 5.41) is 19.2. The molecule has 2 rings (SSSR count). The van der Waals surface area contributed by atoms with E-state index in [0.717, 1.165) is 17.0 Å². The fraction of sp³-hybridized carbons (Fsp3) is 0.286. The Morgan fingerprint density at radius 1 is 1.14 bits per heavy atom. The van der Waals surface area contributed by atoms with E-state index in [4.69, 9.17) is 4.74 Å². The maximum Gasteiger partial charge on any atom is 0.488 e. The highest BCUT2D eigenvalue weighted by Crippen LogP contribution is 2.25. The molecule has 0 saturated heterocycles. The predicted molar refractivity (Wildman–Crippen MR) is 83.9 cm³/mol. The number of methoxy groups -OCH3 is 1. The lowest BCUT2D eigenvalue weighted by Crippen LogP contribution is -2.30. The zero-order chi connectivity index (χ0) is 15.4. The third-order valence-corrected chi connectivity index (χ3v) is 3.82. The van der Waals surface area contributed by atoms with E-state index in [0.29, 0.717) is 22.1 Å². The van der Waals surface area contributed by atoms with E-state index in [1.54, 1.807) is 25.3 Å². The lowest BCUT2D eigenvalue weighted by Gasteiger charge is -2.10. The van der Waals surface area contributed by atoms with Gasteiger partial charge in [0.15, 0.2) is 5.16 Å². The van der Waals surface area contributed by atoms with Gasteiger partial charge in [-0.25, -0.2) is 9.97 Å². The number of hydrogen-bond donors (Lipinski definition) is 2. The predicted octanol–water partition coefficient (Wildman–Crippen LogP) is 1.07. The zero-order valence-electron chi connectivity index (χ0n) is 12.2. The Morgan fingerprint density at radius 3 is 2.38 bits per heavy atom. The van der Waals surface area contributed by atoms with Crippen LogP contribution in [-0.2, 0) is 5.75 Å². The summed E-state index contributed by atoms with van der Waals surface area (Å²) in [6, 6.07) is 7.00. The van der Waals surface area contributed by atoms with Crippen molar-refractivity contribution in [3.8, 4) is 5.75 Å². The molecule has 7 heteroatoms. The van der Waals surface area contributed by atoms with Crippen LogP contribution in [0.25, 0.3) is 0 Å². The molecule has 0 aliphatic rings. The Labute approximate surface area is 128 Å². The fourth-order valence-corrected chi connectivity index (χ4v) is 2.90. The highest BCUT2D eigenvalue weighted by atomic mass is 32.2. The highest BCUT2D eigenvalue weighted by Gasteiger charge is 2.14. The minimum atomic E-state index is -1.49.